The summed E-state index contributed by atoms with van der Waals surface area (Å²) in [5, 5.41) is 13.1. The summed E-state index contributed by atoms with van der Waals surface area (Å²) in [6.07, 6.45) is 1.09. The molecule has 0 spiro atoms. The number of aryl methyl sites for hydroxylation is 1. The Labute approximate surface area is 264 Å². The first-order valence-corrected chi connectivity index (χ1v) is 15.2. The summed E-state index contributed by atoms with van der Waals surface area (Å²) in [6, 6.07) is 41.6. The van der Waals surface area contributed by atoms with Crippen molar-refractivity contribution in [1.82, 2.24) is 0 Å². The van der Waals surface area contributed by atoms with Crippen LogP contribution in [0.1, 0.15) is 39.0 Å². The highest BCUT2D eigenvalue weighted by atomic mass is 16.5. The van der Waals surface area contributed by atoms with E-state index in [4.69, 9.17) is 4.74 Å². The second-order valence-electron chi connectivity index (χ2n) is 11.1. The molecule has 5 rings (SSSR count). The maximum atomic E-state index is 13.1. The van der Waals surface area contributed by atoms with E-state index in [1.165, 1.54) is 16.8 Å². The van der Waals surface area contributed by atoms with Crippen molar-refractivity contribution in [1.29, 1.82) is 0 Å². The normalized spacial score (nSPS) is 11.4. The van der Waals surface area contributed by atoms with Crippen molar-refractivity contribution < 1.29 is 19.4 Å². The molecule has 0 fully saturated rings. The topological polar surface area (TPSA) is 78.9 Å². The quantitative estimate of drug-likeness (QED) is 0.0945. The minimum Gasteiger partial charge on any atom is -0.494 e. The number of para-hydroxylation sites is 1. The van der Waals surface area contributed by atoms with E-state index in [1.54, 1.807) is 36.4 Å². The van der Waals surface area contributed by atoms with Gasteiger partial charge in [-0.3, -0.25) is 4.79 Å². The lowest BCUT2D eigenvalue weighted by atomic mass is 10.00. The van der Waals surface area contributed by atoms with Gasteiger partial charge in [-0.1, -0.05) is 97.1 Å². The zero-order chi connectivity index (χ0) is 31.4. The number of ether oxygens (including phenoxy) is 1. The smallest absolute Gasteiger partial charge is 0.326 e. The summed E-state index contributed by atoms with van der Waals surface area (Å²) in [7, 11) is 0. The molecule has 0 radical (unpaired) electrons. The molecule has 0 aliphatic carbocycles. The number of ketones is 1. The molecule has 0 saturated carbocycles. The van der Waals surface area contributed by atoms with E-state index in [0.29, 0.717) is 23.4 Å². The maximum Gasteiger partial charge on any atom is 0.326 e. The van der Waals surface area contributed by atoms with Gasteiger partial charge in [0.25, 0.3) is 0 Å². The zero-order valence-electron chi connectivity index (χ0n) is 25.4. The average molecular weight is 599 g/mol. The summed E-state index contributed by atoms with van der Waals surface area (Å²) in [5.74, 6) is -0.417. The van der Waals surface area contributed by atoms with Gasteiger partial charge >= 0.3 is 5.97 Å². The third-order valence-corrected chi connectivity index (χ3v) is 7.62. The summed E-state index contributed by atoms with van der Waals surface area (Å²) in [5.41, 5.74) is 6.00. The standard InChI is InChI=1S/C39H38N2O4/c1-29-12-10-17-33(26-29)41(28-31-13-4-2-5-14-31)24-11-25-45-34-22-20-30(21-23-34)27-37(39(43)44)40-36-19-9-8-18-35(36)38(42)32-15-6-3-7-16-32/h2-10,12-23,26,37,40H,11,24-25,27-28H2,1H3,(H,43,44). The number of benzene rings is 5. The lowest BCUT2D eigenvalue weighted by Crippen LogP contribution is -2.32. The number of anilines is 2. The number of carboxylic acids is 1. The first kappa shape index (κ1) is 31.1. The molecule has 0 aromatic heterocycles. The highest BCUT2D eigenvalue weighted by Gasteiger charge is 2.21. The predicted molar refractivity (Wildman–Crippen MR) is 180 cm³/mol. The Morgan fingerprint density at radius 2 is 1.47 bits per heavy atom. The van der Waals surface area contributed by atoms with Gasteiger partial charge in [0.2, 0.25) is 0 Å². The summed E-state index contributed by atoms with van der Waals surface area (Å²) < 4.78 is 6.06. The number of rotatable bonds is 15. The number of hydrogen-bond acceptors (Lipinski definition) is 5. The highest BCUT2D eigenvalue weighted by molar-refractivity contribution is 6.12. The van der Waals surface area contributed by atoms with Crippen LogP contribution in [-0.4, -0.2) is 36.1 Å². The van der Waals surface area contributed by atoms with Gasteiger partial charge in [-0.15, -0.1) is 0 Å². The van der Waals surface area contributed by atoms with Crippen molar-refractivity contribution in [2.45, 2.75) is 32.4 Å². The molecule has 0 saturated heterocycles. The fourth-order valence-corrected chi connectivity index (χ4v) is 5.27. The molecule has 1 atom stereocenters. The van der Waals surface area contributed by atoms with Gasteiger partial charge in [0.15, 0.2) is 5.78 Å². The van der Waals surface area contributed by atoms with Gasteiger partial charge in [0, 0.05) is 42.0 Å². The number of nitrogens with one attached hydrogen (secondary N) is 1. The second-order valence-corrected chi connectivity index (χ2v) is 11.1. The van der Waals surface area contributed by atoms with Gasteiger partial charge in [-0.05, 0) is 66.4 Å². The van der Waals surface area contributed by atoms with Crippen molar-refractivity contribution in [3.8, 4) is 5.75 Å². The van der Waals surface area contributed by atoms with Crippen LogP contribution in [0.5, 0.6) is 5.75 Å². The van der Waals surface area contributed by atoms with Gasteiger partial charge < -0.3 is 20.1 Å². The van der Waals surface area contributed by atoms with Crippen molar-refractivity contribution >= 4 is 23.1 Å². The van der Waals surface area contributed by atoms with Crippen LogP contribution < -0.4 is 15.0 Å². The van der Waals surface area contributed by atoms with Crippen LogP contribution in [0.2, 0.25) is 0 Å². The monoisotopic (exact) mass is 598 g/mol. The van der Waals surface area contributed by atoms with Crippen LogP contribution in [0.3, 0.4) is 0 Å². The molecule has 0 bridgehead atoms. The molecule has 5 aromatic rings. The van der Waals surface area contributed by atoms with Crippen LogP contribution in [0.4, 0.5) is 11.4 Å². The fraction of sp³-hybridized carbons (Fsp3) is 0.179. The van der Waals surface area contributed by atoms with Gasteiger partial charge in [-0.25, -0.2) is 4.79 Å². The molecule has 6 heteroatoms. The Kier molecular flexibility index (Phi) is 10.6. The van der Waals surface area contributed by atoms with E-state index in [1.807, 2.05) is 48.5 Å². The number of carbonyl (C=O) groups excluding carboxylic acids is 1. The number of hydrogen-bond donors (Lipinski definition) is 2. The molecule has 228 valence electrons. The van der Waals surface area contributed by atoms with Gasteiger partial charge in [-0.2, -0.15) is 0 Å². The summed E-state index contributed by atoms with van der Waals surface area (Å²) >= 11 is 0. The van der Waals surface area contributed by atoms with Crippen LogP contribution in [0, 0.1) is 6.92 Å². The van der Waals surface area contributed by atoms with Crippen LogP contribution in [-0.2, 0) is 17.8 Å². The molecule has 0 amide bonds. The molecular formula is C39H38N2O4. The summed E-state index contributed by atoms with van der Waals surface area (Å²) in [6.45, 7) is 4.33. The van der Waals surface area contributed by atoms with E-state index in [0.717, 1.165) is 30.8 Å². The van der Waals surface area contributed by atoms with Crippen molar-refractivity contribution in [2.75, 3.05) is 23.4 Å². The van der Waals surface area contributed by atoms with Crippen molar-refractivity contribution in [3.63, 3.8) is 0 Å². The SMILES string of the molecule is Cc1cccc(N(CCCOc2ccc(CC(Nc3ccccc3C(=O)c3ccccc3)C(=O)O)cc2)Cc2ccccc2)c1. The van der Waals surface area contributed by atoms with Crippen LogP contribution in [0.25, 0.3) is 0 Å². The molecule has 5 aromatic carbocycles. The van der Waals surface area contributed by atoms with E-state index >= 15 is 0 Å². The lowest BCUT2D eigenvalue weighted by molar-refractivity contribution is -0.137. The second kappa shape index (κ2) is 15.4. The zero-order valence-corrected chi connectivity index (χ0v) is 25.4. The Morgan fingerprint density at radius 1 is 0.778 bits per heavy atom. The molecule has 6 nitrogen and oxygen atoms in total. The first-order valence-electron chi connectivity index (χ1n) is 15.2. The number of nitrogens with zero attached hydrogens (tertiary/aromatic N) is 1. The van der Waals surface area contributed by atoms with E-state index in [2.05, 4.69) is 65.7 Å². The first-order chi connectivity index (χ1) is 22.0. The largest absolute Gasteiger partial charge is 0.494 e. The molecule has 0 aliphatic heterocycles. The van der Waals surface area contributed by atoms with Crippen LogP contribution in [0.15, 0.2) is 133 Å². The van der Waals surface area contributed by atoms with E-state index < -0.39 is 12.0 Å². The third kappa shape index (κ3) is 8.83. The Bertz CT molecular complexity index is 1690. The Hall–Kier alpha value is -5.36. The lowest BCUT2D eigenvalue weighted by Gasteiger charge is -2.25. The minimum atomic E-state index is -0.994. The van der Waals surface area contributed by atoms with E-state index in [9.17, 15) is 14.7 Å². The minimum absolute atomic E-state index is 0.161. The molecule has 45 heavy (non-hydrogen) atoms. The molecule has 1 unspecified atom stereocenters. The predicted octanol–water partition coefficient (Wildman–Crippen LogP) is 7.81. The Morgan fingerprint density at radius 3 is 2.18 bits per heavy atom. The number of carboxylic acid groups (broad SMARTS) is 1. The fourth-order valence-electron chi connectivity index (χ4n) is 5.27. The molecule has 0 aliphatic rings. The Balaban J connectivity index is 1.17. The van der Waals surface area contributed by atoms with Crippen LogP contribution >= 0.6 is 0 Å². The number of carbonyl (C=O) groups is 2. The third-order valence-electron chi connectivity index (χ3n) is 7.62. The van der Waals surface area contributed by atoms with E-state index in [-0.39, 0.29) is 12.2 Å². The van der Waals surface area contributed by atoms with Crippen molar-refractivity contribution in [2.24, 2.45) is 0 Å². The van der Waals surface area contributed by atoms with Gasteiger partial charge in [0.05, 0.1) is 6.61 Å². The van der Waals surface area contributed by atoms with Gasteiger partial charge in [0.1, 0.15) is 11.8 Å². The molecule has 2 N–H and O–H groups in total. The highest BCUT2D eigenvalue weighted by Crippen LogP contribution is 2.23. The number of aliphatic carboxylic acids is 1. The summed E-state index contributed by atoms with van der Waals surface area (Å²) in [4.78, 5) is 27.7. The molecular weight excluding hydrogens is 560 g/mol. The van der Waals surface area contributed by atoms with Crippen molar-refractivity contribution in [3.05, 3.63) is 161 Å². The molecule has 0 heterocycles. The average Bonchev–Trinajstić information content (AvgIpc) is 3.07. The maximum absolute atomic E-state index is 13.1.